The van der Waals surface area contributed by atoms with Crippen LogP contribution in [0.4, 0.5) is 8.78 Å². The summed E-state index contributed by atoms with van der Waals surface area (Å²) >= 11 is 0. The smallest absolute Gasteiger partial charge is 0.251 e. The van der Waals surface area contributed by atoms with Gasteiger partial charge in [-0.1, -0.05) is 0 Å². The molecule has 0 aliphatic heterocycles. The molecule has 1 rings (SSSR count). The zero-order valence-corrected chi connectivity index (χ0v) is 6.02. The van der Waals surface area contributed by atoms with E-state index in [1.807, 2.05) is 0 Å². The van der Waals surface area contributed by atoms with Crippen LogP contribution in [0, 0.1) is 5.92 Å². The second-order valence-corrected chi connectivity index (χ2v) is 2.90. The highest BCUT2D eigenvalue weighted by atomic mass is 19.3. The molecule has 2 nitrogen and oxygen atoms in total. The molecule has 1 fully saturated rings. The molecule has 0 saturated heterocycles. The number of aliphatic hydroxyl groups is 1. The quantitative estimate of drug-likeness (QED) is 0.672. The van der Waals surface area contributed by atoms with Crippen molar-refractivity contribution < 1.29 is 18.7 Å². The number of halogens is 2. The summed E-state index contributed by atoms with van der Waals surface area (Å²) in [6.45, 7) is -0.529. The van der Waals surface area contributed by atoms with Crippen LogP contribution >= 0.6 is 0 Å². The lowest BCUT2D eigenvalue weighted by Crippen LogP contribution is -2.04. The Morgan fingerprint density at radius 2 is 2.18 bits per heavy atom. The number of aliphatic hydroxyl groups excluding tert-OH is 1. The van der Waals surface area contributed by atoms with E-state index in [9.17, 15) is 13.6 Å². The van der Waals surface area contributed by atoms with E-state index >= 15 is 0 Å². The maximum Gasteiger partial charge on any atom is 0.251 e. The molecule has 0 spiro atoms. The summed E-state index contributed by atoms with van der Waals surface area (Å²) in [6.07, 6.45) is 0.203. The SMILES string of the molecule is O=C(CO)CCC1CC1(F)F. The Morgan fingerprint density at radius 3 is 2.55 bits per heavy atom. The third kappa shape index (κ3) is 2.22. The first kappa shape index (κ1) is 8.59. The highest BCUT2D eigenvalue weighted by Crippen LogP contribution is 2.51. The number of carbonyl (C=O) groups excluding carboxylic acids is 1. The van der Waals surface area contributed by atoms with Crippen LogP contribution in [-0.4, -0.2) is 23.4 Å². The van der Waals surface area contributed by atoms with Gasteiger partial charge < -0.3 is 5.11 Å². The van der Waals surface area contributed by atoms with Crippen LogP contribution in [0.2, 0.25) is 0 Å². The van der Waals surface area contributed by atoms with Crippen molar-refractivity contribution in [3.05, 3.63) is 0 Å². The molecule has 0 heterocycles. The average molecular weight is 164 g/mol. The number of Topliss-reactive ketones (excluding diaryl/α,β-unsaturated/α-hetero) is 1. The molecule has 1 aliphatic rings. The number of hydrogen-bond donors (Lipinski definition) is 1. The molecular formula is C7H10F2O2. The van der Waals surface area contributed by atoms with Gasteiger partial charge in [0.1, 0.15) is 6.61 Å². The van der Waals surface area contributed by atoms with E-state index in [1.165, 1.54) is 0 Å². The summed E-state index contributed by atoms with van der Waals surface area (Å²) in [7, 11) is 0. The first-order chi connectivity index (χ1) is 5.06. The second-order valence-electron chi connectivity index (χ2n) is 2.90. The molecule has 0 amide bonds. The van der Waals surface area contributed by atoms with E-state index in [0.29, 0.717) is 0 Å². The molecule has 1 saturated carbocycles. The zero-order valence-electron chi connectivity index (χ0n) is 6.02. The van der Waals surface area contributed by atoms with E-state index < -0.39 is 18.4 Å². The minimum atomic E-state index is -2.53. The van der Waals surface area contributed by atoms with Gasteiger partial charge in [-0.05, 0) is 6.42 Å². The highest BCUT2D eigenvalue weighted by Gasteiger charge is 2.55. The lowest BCUT2D eigenvalue weighted by atomic mass is 10.1. The van der Waals surface area contributed by atoms with Gasteiger partial charge >= 0.3 is 0 Å². The number of rotatable bonds is 4. The van der Waals surface area contributed by atoms with Crippen molar-refractivity contribution in [2.24, 2.45) is 5.92 Å². The van der Waals surface area contributed by atoms with Gasteiger partial charge in [-0.25, -0.2) is 8.78 Å². The monoisotopic (exact) mass is 164 g/mol. The third-order valence-electron chi connectivity index (χ3n) is 1.90. The summed E-state index contributed by atoms with van der Waals surface area (Å²) < 4.78 is 24.4. The van der Waals surface area contributed by atoms with Crippen LogP contribution < -0.4 is 0 Å². The largest absolute Gasteiger partial charge is 0.389 e. The van der Waals surface area contributed by atoms with Crippen molar-refractivity contribution in [2.45, 2.75) is 25.2 Å². The summed E-state index contributed by atoms with van der Waals surface area (Å²) in [5, 5.41) is 8.26. The molecular weight excluding hydrogens is 154 g/mol. The summed E-state index contributed by atoms with van der Waals surface area (Å²) in [4.78, 5) is 10.5. The summed E-state index contributed by atoms with van der Waals surface area (Å²) in [5.74, 6) is -3.50. The Kier molecular flexibility index (Phi) is 2.23. The molecule has 0 bridgehead atoms. The Labute approximate surface area is 63.2 Å². The lowest BCUT2D eigenvalue weighted by molar-refractivity contribution is -0.121. The van der Waals surface area contributed by atoms with Crippen LogP contribution in [0.1, 0.15) is 19.3 Å². The number of carbonyl (C=O) groups is 1. The molecule has 11 heavy (non-hydrogen) atoms. The van der Waals surface area contributed by atoms with Crippen molar-refractivity contribution >= 4 is 5.78 Å². The topological polar surface area (TPSA) is 37.3 Å². The van der Waals surface area contributed by atoms with Gasteiger partial charge in [-0.15, -0.1) is 0 Å². The molecule has 64 valence electrons. The van der Waals surface area contributed by atoms with Crippen LogP contribution in [0.3, 0.4) is 0 Å². The Bertz CT molecular complexity index is 168. The number of ketones is 1. The van der Waals surface area contributed by atoms with E-state index in [0.717, 1.165) is 0 Å². The molecule has 1 unspecified atom stereocenters. The molecule has 1 atom stereocenters. The van der Waals surface area contributed by atoms with Gasteiger partial charge in [-0.2, -0.15) is 0 Å². The van der Waals surface area contributed by atoms with E-state index in [2.05, 4.69) is 0 Å². The Hall–Kier alpha value is -0.510. The van der Waals surface area contributed by atoms with Gasteiger partial charge in [0.25, 0.3) is 5.92 Å². The predicted molar refractivity (Wildman–Crippen MR) is 34.4 cm³/mol. The fourth-order valence-corrected chi connectivity index (χ4v) is 0.997. The van der Waals surface area contributed by atoms with Crippen molar-refractivity contribution in [3.63, 3.8) is 0 Å². The maximum atomic E-state index is 12.2. The molecule has 0 aromatic heterocycles. The molecule has 0 radical (unpaired) electrons. The Morgan fingerprint density at radius 1 is 1.64 bits per heavy atom. The van der Waals surface area contributed by atoms with Gasteiger partial charge in [0.15, 0.2) is 5.78 Å². The molecule has 1 aliphatic carbocycles. The van der Waals surface area contributed by atoms with Crippen LogP contribution in [0.5, 0.6) is 0 Å². The zero-order chi connectivity index (χ0) is 8.48. The molecule has 1 N–H and O–H groups in total. The average Bonchev–Trinajstić information content (AvgIpc) is 2.54. The number of alkyl halides is 2. The Balaban J connectivity index is 2.11. The lowest BCUT2D eigenvalue weighted by Gasteiger charge is -1.95. The van der Waals surface area contributed by atoms with Crippen molar-refractivity contribution in [1.82, 2.24) is 0 Å². The minimum Gasteiger partial charge on any atom is -0.389 e. The van der Waals surface area contributed by atoms with Gasteiger partial charge in [0.05, 0.1) is 0 Å². The van der Waals surface area contributed by atoms with Crippen molar-refractivity contribution in [3.8, 4) is 0 Å². The van der Waals surface area contributed by atoms with Gasteiger partial charge in [0, 0.05) is 18.8 Å². The van der Waals surface area contributed by atoms with Crippen molar-refractivity contribution in [1.29, 1.82) is 0 Å². The van der Waals surface area contributed by atoms with Crippen molar-refractivity contribution in [2.75, 3.05) is 6.61 Å². The highest BCUT2D eigenvalue weighted by molar-refractivity contribution is 5.79. The summed E-state index contributed by atoms with van der Waals surface area (Å²) in [5.41, 5.74) is 0. The maximum absolute atomic E-state index is 12.2. The standard InChI is InChI=1S/C7H10F2O2/c8-7(9)3-5(7)1-2-6(11)4-10/h5,10H,1-4H2. The molecule has 0 aromatic rings. The van der Waals surface area contributed by atoms with Crippen LogP contribution in [0.15, 0.2) is 0 Å². The van der Waals surface area contributed by atoms with E-state index in [4.69, 9.17) is 5.11 Å². The second kappa shape index (κ2) is 2.85. The minimum absolute atomic E-state index is 0.0801. The van der Waals surface area contributed by atoms with E-state index in [-0.39, 0.29) is 25.0 Å². The number of hydrogen-bond acceptors (Lipinski definition) is 2. The predicted octanol–water partition coefficient (Wildman–Crippen LogP) is 0.983. The first-order valence-electron chi connectivity index (χ1n) is 3.56. The molecule has 0 aromatic carbocycles. The molecule has 4 heteroatoms. The van der Waals surface area contributed by atoms with E-state index in [1.54, 1.807) is 0 Å². The van der Waals surface area contributed by atoms with Crippen LogP contribution in [-0.2, 0) is 4.79 Å². The fourth-order valence-electron chi connectivity index (χ4n) is 0.997. The van der Waals surface area contributed by atoms with Crippen LogP contribution in [0.25, 0.3) is 0 Å². The third-order valence-corrected chi connectivity index (χ3v) is 1.90. The fraction of sp³-hybridized carbons (Fsp3) is 0.857. The summed E-state index contributed by atoms with van der Waals surface area (Å²) in [6, 6.07) is 0. The van der Waals surface area contributed by atoms with Gasteiger partial charge in [-0.3, -0.25) is 4.79 Å². The first-order valence-corrected chi connectivity index (χ1v) is 3.56. The van der Waals surface area contributed by atoms with Gasteiger partial charge in [0.2, 0.25) is 0 Å². The normalized spacial score (nSPS) is 26.6.